The van der Waals surface area contributed by atoms with Crippen LogP contribution in [-0.4, -0.2) is 55.1 Å². The Morgan fingerprint density at radius 1 is 1.00 bits per heavy atom. The molecule has 3 rings (SSSR count). The normalized spacial score (nSPS) is 14.7. The zero-order chi connectivity index (χ0) is 20.6. The van der Waals surface area contributed by atoms with Gasteiger partial charge in [0.05, 0.1) is 13.2 Å². The van der Waals surface area contributed by atoms with Gasteiger partial charge in [0.15, 0.2) is 0 Å². The van der Waals surface area contributed by atoms with Crippen LogP contribution in [-0.2, 0) is 16.0 Å². The van der Waals surface area contributed by atoms with Crippen LogP contribution in [0.1, 0.15) is 15.9 Å². The molecule has 0 aromatic heterocycles. The molecule has 8 nitrogen and oxygen atoms in total. The second-order valence-electron chi connectivity index (χ2n) is 6.72. The molecule has 1 unspecified atom stereocenters. The highest BCUT2D eigenvalue weighted by atomic mass is 16.5. The molecule has 2 aromatic carbocycles. The van der Waals surface area contributed by atoms with Gasteiger partial charge in [-0.3, -0.25) is 9.59 Å². The first-order chi connectivity index (χ1) is 14.0. The number of urea groups is 1. The number of primary amides is 1. The molecular weight excluding hydrogens is 372 g/mol. The number of ether oxygens (including phenoxy) is 1. The van der Waals surface area contributed by atoms with Crippen LogP contribution >= 0.6 is 0 Å². The highest BCUT2D eigenvalue weighted by Crippen LogP contribution is 2.12. The summed E-state index contributed by atoms with van der Waals surface area (Å²) in [6.07, 6.45) is 0.349. The van der Waals surface area contributed by atoms with Gasteiger partial charge in [-0.15, -0.1) is 0 Å². The van der Waals surface area contributed by atoms with Gasteiger partial charge in [-0.25, -0.2) is 4.79 Å². The van der Waals surface area contributed by atoms with E-state index in [0.717, 1.165) is 5.56 Å². The van der Waals surface area contributed by atoms with E-state index in [1.165, 1.54) is 12.1 Å². The predicted molar refractivity (Wildman–Crippen MR) is 108 cm³/mol. The number of nitrogens with two attached hydrogens (primary N) is 1. The average Bonchev–Trinajstić information content (AvgIpc) is 2.75. The summed E-state index contributed by atoms with van der Waals surface area (Å²) in [5.41, 5.74) is 7.03. The lowest BCUT2D eigenvalue weighted by atomic mass is 10.1. The number of benzene rings is 2. The van der Waals surface area contributed by atoms with Crippen LogP contribution in [0, 0.1) is 0 Å². The lowest BCUT2D eigenvalue weighted by Gasteiger charge is -2.29. The van der Waals surface area contributed by atoms with Gasteiger partial charge in [0.1, 0.15) is 6.04 Å². The van der Waals surface area contributed by atoms with Crippen molar-refractivity contribution in [3.63, 3.8) is 0 Å². The first kappa shape index (κ1) is 20.3. The fourth-order valence-corrected chi connectivity index (χ4v) is 3.01. The molecule has 1 aliphatic rings. The van der Waals surface area contributed by atoms with Gasteiger partial charge >= 0.3 is 6.03 Å². The molecule has 0 bridgehead atoms. The summed E-state index contributed by atoms with van der Waals surface area (Å²) < 4.78 is 5.27. The number of carbonyl (C=O) groups is 3. The molecule has 8 heteroatoms. The van der Waals surface area contributed by atoms with Crippen LogP contribution < -0.4 is 16.4 Å². The minimum Gasteiger partial charge on any atom is -0.378 e. The number of nitrogens with one attached hydrogen (secondary N) is 2. The SMILES string of the molecule is NC(=O)c1ccc(NC(=O)C(Cc2ccccc2)NC(=O)N2CCOCC2)cc1. The maximum absolute atomic E-state index is 12.9. The summed E-state index contributed by atoms with van der Waals surface area (Å²) in [4.78, 5) is 38.3. The molecule has 0 radical (unpaired) electrons. The number of hydrogen-bond acceptors (Lipinski definition) is 4. The molecule has 152 valence electrons. The minimum absolute atomic E-state index is 0.298. The second-order valence-corrected chi connectivity index (χ2v) is 6.72. The molecule has 4 N–H and O–H groups in total. The molecule has 2 aromatic rings. The van der Waals surface area contributed by atoms with E-state index in [9.17, 15) is 14.4 Å². The Morgan fingerprint density at radius 3 is 2.28 bits per heavy atom. The lowest BCUT2D eigenvalue weighted by molar-refractivity contribution is -0.118. The van der Waals surface area contributed by atoms with Crippen molar-refractivity contribution in [1.82, 2.24) is 10.2 Å². The van der Waals surface area contributed by atoms with Crippen LogP contribution in [0.3, 0.4) is 0 Å². The average molecular weight is 396 g/mol. The summed E-state index contributed by atoms with van der Waals surface area (Å²) in [5.74, 6) is -0.884. The van der Waals surface area contributed by atoms with Crippen molar-refractivity contribution in [3.05, 3.63) is 65.7 Å². The minimum atomic E-state index is -0.761. The number of amides is 4. The number of anilines is 1. The molecular formula is C21H24N4O4. The van der Waals surface area contributed by atoms with Gasteiger partial charge in [0.25, 0.3) is 0 Å². The van der Waals surface area contributed by atoms with Crippen molar-refractivity contribution >= 4 is 23.5 Å². The molecule has 1 saturated heterocycles. The zero-order valence-corrected chi connectivity index (χ0v) is 16.0. The molecule has 1 aliphatic heterocycles. The lowest BCUT2D eigenvalue weighted by Crippen LogP contribution is -2.53. The van der Waals surface area contributed by atoms with Gasteiger partial charge in [-0.1, -0.05) is 30.3 Å². The quantitative estimate of drug-likeness (QED) is 0.684. The van der Waals surface area contributed by atoms with Crippen LogP contribution in [0.4, 0.5) is 10.5 Å². The Kier molecular flexibility index (Phi) is 6.80. The molecule has 4 amide bonds. The van der Waals surface area contributed by atoms with Gasteiger partial charge in [0.2, 0.25) is 11.8 Å². The highest BCUT2D eigenvalue weighted by molar-refractivity contribution is 5.98. The first-order valence-electron chi connectivity index (χ1n) is 9.41. The summed E-state index contributed by atoms with van der Waals surface area (Å²) in [6, 6.07) is 14.7. The Balaban J connectivity index is 1.71. The summed E-state index contributed by atoms with van der Waals surface area (Å²) in [7, 11) is 0. The van der Waals surface area contributed by atoms with Crippen molar-refractivity contribution in [1.29, 1.82) is 0 Å². The number of rotatable bonds is 6. The Hall–Kier alpha value is -3.39. The van der Waals surface area contributed by atoms with Gasteiger partial charge < -0.3 is 26.0 Å². The summed E-state index contributed by atoms with van der Waals surface area (Å²) >= 11 is 0. The largest absolute Gasteiger partial charge is 0.378 e. The fourth-order valence-electron chi connectivity index (χ4n) is 3.01. The van der Waals surface area contributed by atoms with E-state index < -0.39 is 11.9 Å². The number of nitrogens with zero attached hydrogens (tertiary/aromatic N) is 1. The van der Waals surface area contributed by atoms with E-state index >= 15 is 0 Å². The van der Waals surface area contributed by atoms with Crippen molar-refractivity contribution in [2.24, 2.45) is 5.73 Å². The predicted octanol–water partition coefficient (Wildman–Crippen LogP) is 1.38. The first-order valence-corrected chi connectivity index (χ1v) is 9.41. The standard InChI is InChI=1S/C21H24N4O4/c22-19(26)16-6-8-17(9-7-16)23-20(27)18(14-15-4-2-1-3-5-15)24-21(28)25-10-12-29-13-11-25/h1-9,18H,10-14H2,(H2,22,26)(H,23,27)(H,24,28). The molecule has 0 aliphatic carbocycles. The van der Waals surface area contributed by atoms with Crippen LogP contribution in [0.25, 0.3) is 0 Å². The topological polar surface area (TPSA) is 114 Å². The third-order valence-electron chi connectivity index (χ3n) is 4.63. The van der Waals surface area contributed by atoms with Crippen LogP contribution in [0.5, 0.6) is 0 Å². The van der Waals surface area contributed by atoms with E-state index in [1.54, 1.807) is 17.0 Å². The maximum atomic E-state index is 12.9. The molecule has 0 saturated carbocycles. The van der Waals surface area contributed by atoms with Crippen LogP contribution in [0.2, 0.25) is 0 Å². The van der Waals surface area contributed by atoms with Crippen molar-refractivity contribution in [3.8, 4) is 0 Å². The Morgan fingerprint density at radius 2 is 1.66 bits per heavy atom. The van der Waals surface area contributed by atoms with E-state index in [2.05, 4.69) is 10.6 Å². The monoisotopic (exact) mass is 396 g/mol. The third kappa shape index (κ3) is 5.79. The van der Waals surface area contributed by atoms with Crippen molar-refractivity contribution < 1.29 is 19.1 Å². The Labute approximate surface area is 169 Å². The van der Waals surface area contributed by atoms with Crippen molar-refractivity contribution in [2.75, 3.05) is 31.6 Å². The van der Waals surface area contributed by atoms with E-state index in [4.69, 9.17) is 10.5 Å². The fraction of sp³-hybridized carbons (Fsp3) is 0.286. The molecule has 29 heavy (non-hydrogen) atoms. The third-order valence-corrected chi connectivity index (χ3v) is 4.63. The summed E-state index contributed by atoms with van der Waals surface area (Å²) in [6.45, 7) is 1.94. The smallest absolute Gasteiger partial charge is 0.318 e. The van der Waals surface area contributed by atoms with Gasteiger partial charge in [-0.2, -0.15) is 0 Å². The van der Waals surface area contributed by atoms with Crippen molar-refractivity contribution in [2.45, 2.75) is 12.5 Å². The van der Waals surface area contributed by atoms with Gasteiger partial charge in [-0.05, 0) is 29.8 Å². The van der Waals surface area contributed by atoms with E-state index in [0.29, 0.717) is 44.0 Å². The maximum Gasteiger partial charge on any atom is 0.318 e. The van der Waals surface area contributed by atoms with Gasteiger partial charge in [0, 0.05) is 30.8 Å². The molecule has 1 atom stereocenters. The second kappa shape index (κ2) is 9.70. The molecule has 1 heterocycles. The molecule has 0 spiro atoms. The summed E-state index contributed by atoms with van der Waals surface area (Å²) in [5, 5.41) is 5.62. The number of carbonyl (C=O) groups excluding carboxylic acids is 3. The molecule has 1 fully saturated rings. The Bertz CT molecular complexity index is 849. The van der Waals surface area contributed by atoms with Crippen LogP contribution in [0.15, 0.2) is 54.6 Å². The highest BCUT2D eigenvalue weighted by Gasteiger charge is 2.25. The zero-order valence-electron chi connectivity index (χ0n) is 16.0. The van der Waals surface area contributed by atoms with E-state index in [1.807, 2.05) is 30.3 Å². The van der Waals surface area contributed by atoms with E-state index in [-0.39, 0.29) is 11.9 Å². The number of morpholine rings is 1. The number of hydrogen-bond donors (Lipinski definition) is 3.